The van der Waals surface area contributed by atoms with E-state index in [0.29, 0.717) is 0 Å². The van der Waals surface area contributed by atoms with Gasteiger partial charge in [0.25, 0.3) is 32.1 Å². The van der Waals surface area contributed by atoms with E-state index in [1.807, 2.05) is 0 Å². The maximum absolute atomic E-state index is 13.2. The van der Waals surface area contributed by atoms with Crippen molar-refractivity contribution >= 4 is 54.2 Å². The van der Waals surface area contributed by atoms with Crippen molar-refractivity contribution in [2.45, 2.75) is 16.7 Å². The number of hydrogen-bond acceptors (Lipinski definition) is 7. The van der Waals surface area contributed by atoms with E-state index in [4.69, 9.17) is 5.73 Å². The van der Waals surface area contributed by atoms with Gasteiger partial charge in [0.2, 0.25) is 0 Å². The van der Waals surface area contributed by atoms with Crippen LogP contribution in [0.5, 0.6) is 0 Å². The third-order valence-corrected chi connectivity index (χ3v) is 6.64. The number of imide groups is 1. The Morgan fingerprint density at radius 1 is 0.871 bits per heavy atom. The third-order valence-electron chi connectivity index (χ3n) is 4.91. The van der Waals surface area contributed by atoms with Crippen molar-refractivity contribution in [1.82, 2.24) is 0 Å². The first-order valence-electron chi connectivity index (χ1n) is 8.61. The van der Waals surface area contributed by atoms with Crippen molar-refractivity contribution in [2.24, 2.45) is 0 Å². The molecule has 2 amide bonds. The van der Waals surface area contributed by atoms with Gasteiger partial charge in [-0.05, 0) is 42.8 Å². The third kappa shape index (κ3) is 3.25. The molecule has 12 heteroatoms. The molecule has 0 saturated carbocycles. The lowest BCUT2D eigenvalue weighted by atomic mass is 9.92. The van der Waals surface area contributed by atoms with Gasteiger partial charge in [0.15, 0.2) is 0 Å². The van der Waals surface area contributed by atoms with Crippen molar-refractivity contribution in [3.8, 4) is 0 Å². The largest absolute Gasteiger partial charge is 0.397 e. The number of benzene rings is 3. The molecular formula is C19H14N2O8S2. The summed E-state index contributed by atoms with van der Waals surface area (Å²) < 4.78 is 66.3. The number of carbonyl (C=O) groups is 2. The molecule has 4 rings (SSSR count). The highest BCUT2D eigenvalue weighted by molar-refractivity contribution is 7.86. The van der Waals surface area contributed by atoms with Crippen molar-refractivity contribution in [2.75, 3.05) is 10.6 Å². The monoisotopic (exact) mass is 462 g/mol. The van der Waals surface area contributed by atoms with E-state index >= 15 is 0 Å². The number of nitrogen functional groups attached to an aromatic ring is 1. The Kier molecular flexibility index (Phi) is 4.45. The zero-order valence-electron chi connectivity index (χ0n) is 15.7. The second kappa shape index (κ2) is 6.59. The van der Waals surface area contributed by atoms with Crippen LogP contribution in [0, 0.1) is 6.92 Å². The number of hydrogen-bond donors (Lipinski definition) is 3. The van der Waals surface area contributed by atoms with Crippen LogP contribution < -0.4 is 10.6 Å². The van der Waals surface area contributed by atoms with Crippen LogP contribution in [-0.2, 0) is 20.2 Å². The van der Waals surface area contributed by atoms with Crippen LogP contribution in [-0.4, -0.2) is 37.8 Å². The van der Waals surface area contributed by atoms with Crippen LogP contribution in [0.25, 0.3) is 10.8 Å². The van der Waals surface area contributed by atoms with Crippen molar-refractivity contribution in [1.29, 1.82) is 0 Å². The van der Waals surface area contributed by atoms with Crippen LogP contribution in [0.3, 0.4) is 0 Å². The lowest BCUT2D eigenvalue weighted by Crippen LogP contribution is -2.40. The molecule has 1 aliphatic rings. The molecule has 10 nitrogen and oxygen atoms in total. The summed E-state index contributed by atoms with van der Waals surface area (Å²) in [5, 5.41) is -0.378. The number of aryl methyl sites for hydroxylation is 1. The molecule has 1 heterocycles. The minimum atomic E-state index is -4.91. The van der Waals surface area contributed by atoms with Gasteiger partial charge in [-0.1, -0.05) is 12.1 Å². The summed E-state index contributed by atoms with van der Waals surface area (Å²) in [6, 6.07) is 8.88. The molecule has 0 unspecified atom stereocenters. The summed E-state index contributed by atoms with van der Waals surface area (Å²) in [6.07, 6.45) is 0. The Bertz CT molecular complexity index is 1520. The van der Waals surface area contributed by atoms with Crippen molar-refractivity contribution < 1.29 is 35.5 Å². The number of nitrogens with two attached hydrogens (primary N) is 1. The highest BCUT2D eigenvalue weighted by Crippen LogP contribution is 2.40. The van der Waals surface area contributed by atoms with E-state index in [1.54, 1.807) is 19.1 Å². The number of rotatable bonds is 3. The van der Waals surface area contributed by atoms with E-state index in [0.717, 1.165) is 28.7 Å². The molecule has 0 saturated heterocycles. The van der Waals surface area contributed by atoms with Gasteiger partial charge in [0.05, 0.1) is 27.4 Å². The molecule has 160 valence electrons. The smallest absolute Gasteiger partial charge is 0.296 e. The van der Waals surface area contributed by atoms with Crippen LogP contribution >= 0.6 is 0 Å². The summed E-state index contributed by atoms with van der Waals surface area (Å²) in [5.41, 5.74) is 5.58. The highest BCUT2D eigenvalue weighted by Gasteiger charge is 2.37. The van der Waals surface area contributed by atoms with Gasteiger partial charge in [0, 0.05) is 10.8 Å². The molecule has 0 atom stereocenters. The lowest BCUT2D eigenvalue weighted by molar-refractivity contribution is 0.0893. The fourth-order valence-electron chi connectivity index (χ4n) is 3.57. The normalized spacial score (nSPS) is 14.4. The van der Waals surface area contributed by atoms with Gasteiger partial charge < -0.3 is 5.73 Å². The Balaban J connectivity index is 2.18. The van der Waals surface area contributed by atoms with Crippen LogP contribution in [0.2, 0.25) is 0 Å². The minimum Gasteiger partial charge on any atom is -0.397 e. The van der Waals surface area contributed by atoms with Gasteiger partial charge in [0.1, 0.15) is 4.90 Å². The Morgan fingerprint density at radius 2 is 1.48 bits per heavy atom. The average molecular weight is 462 g/mol. The highest BCUT2D eigenvalue weighted by atomic mass is 32.2. The predicted octanol–water partition coefficient (Wildman–Crippen LogP) is 2.02. The maximum Gasteiger partial charge on any atom is 0.296 e. The quantitative estimate of drug-likeness (QED) is 0.299. The summed E-state index contributed by atoms with van der Waals surface area (Å²) in [6.45, 7) is 1.73. The summed E-state index contributed by atoms with van der Waals surface area (Å²) in [7, 11) is -9.74. The Morgan fingerprint density at radius 3 is 2.03 bits per heavy atom. The van der Waals surface area contributed by atoms with Crippen LogP contribution in [0.4, 0.5) is 11.4 Å². The molecule has 4 N–H and O–H groups in total. The van der Waals surface area contributed by atoms with E-state index in [-0.39, 0.29) is 27.6 Å². The van der Waals surface area contributed by atoms with Crippen molar-refractivity contribution in [3.63, 3.8) is 0 Å². The van der Waals surface area contributed by atoms with Gasteiger partial charge in [-0.2, -0.15) is 16.8 Å². The Labute approximate surface area is 176 Å². The standard InChI is InChI=1S/C19H14N2O8S2/c1-9-3-2-4-10(5-9)21-18(22)13-7-11(30(24,25)26)6-12-16(13)14(19(21)23)8-15(17(12)20)31(27,28)29/h2-8H,20H2,1H3,(H,24,25,26)(H,27,28,29). The molecule has 0 radical (unpaired) electrons. The molecular weight excluding hydrogens is 448 g/mol. The van der Waals surface area contributed by atoms with Crippen LogP contribution in [0.1, 0.15) is 26.3 Å². The average Bonchev–Trinajstić information content (AvgIpc) is 2.65. The second-order valence-electron chi connectivity index (χ2n) is 6.96. The Hall–Kier alpha value is -3.32. The molecule has 0 spiro atoms. The number of nitrogens with zero attached hydrogens (tertiary/aromatic N) is 1. The molecule has 0 fully saturated rings. The SMILES string of the molecule is Cc1cccc(N2C(=O)c3cc(S(=O)(=O)O)cc4c(N)c(S(=O)(=O)O)cc(c34)C2=O)c1. The van der Waals surface area contributed by atoms with E-state index in [1.165, 1.54) is 12.1 Å². The second-order valence-corrected chi connectivity index (χ2v) is 9.78. The number of anilines is 2. The zero-order valence-corrected chi connectivity index (χ0v) is 17.4. The van der Waals surface area contributed by atoms with Gasteiger partial charge in [-0.3, -0.25) is 18.7 Å². The predicted molar refractivity (Wildman–Crippen MR) is 110 cm³/mol. The van der Waals surface area contributed by atoms with E-state index in [9.17, 15) is 35.5 Å². The fourth-order valence-corrected chi connectivity index (χ4v) is 4.75. The summed E-state index contributed by atoms with van der Waals surface area (Å²) >= 11 is 0. The number of carbonyl (C=O) groups excluding carboxylic acids is 2. The first kappa shape index (κ1) is 20.9. The maximum atomic E-state index is 13.2. The molecule has 31 heavy (non-hydrogen) atoms. The van der Waals surface area contributed by atoms with Crippen molar-refractivity contribution in [3.05, 3.63) is 59.2 Å². The molecule has 0 aromatic heterocycles. The van der Waals surface area contributed by atoms with Gasteiger partial charge in [-0.25, -0.2) is 4.90 Å². The molecule has 0 bridgehead atoms. The number of amides is 2. The van der Waals surface area contributed by atoms with E-state index in [2.05, 4.69) is 0 Å². The molecule has 0 aliphatic carbocycles. The first-order chi connectivity index (χ1) is 14.3. The first-order valence-corrected chi connectivity index (χ1v) is 11.5. The zero-order chi connectivity index (χ0) is 22.9. The topological polar surface area (TPSA) is 172 Å². The van der Waals surface area contributed by atoms with Crippen LogP contribution in [0.15, 0.2) is 52.3 Å². The molecule has 3 aromatic carbocycles. The van der Waals surface area contributed by atoms with Gasteiger partial charge >= 0.3 is 0 Å². The molecule has 1 aliphatic heterocycles. The van der Waals surface area contributed by atoms with Gasteiger partial charge in [-0.15, -0.1) is 0 Å². The lowest BCUT2D eigenvalue weighted by Gasteiger charge is -2.28. The van der Waals surface area contributed by atoms with E-state index < -0.39 is 47.5 Å². The summed E-state index contributed by atoms with van der Waals surface area (Å²) in [4.78, 5) is 25.6. The molecule has 3 aromatic rings. The minimum absolute atomic E-state index is 0.0868. The summed E-state index contributed by atoms with van der Waals surface area (Å²) in [5.74, 6) is -1.78. The fraction of sp³-hybridized carbons (Fsp3) is 0.0526.